The van der Waals surface area contributed by atoms with Crippen LogP contribution in [0.1, 0.15) is 37.1 Å². The van der Waals surface area contributed by atoms with E-state index in [-0.39, 0.29) is 11.7 Å². The summed E-state index contributed by atoms with van der Waals surface area (Å²) in [4.78, 5) is 25.0. The zero-order valence-corrected chi connectivity index (χ0v) is 16.3. The molecule has 2 heterocycles. The molecule has 0 fully saturated rings. The van der Waals surface area contributed by atoms with Gasteiger partial charge in [-0.2, -0.15) is 5.26 Å². The molecule has 2 aromatic rings. The highest BCUT2D eigenvalue weighted by atomic mass is 32.2. The Balaban J connectivity index is 1.79. The number of nitrogens with two attached hydrogens (primary N) is 1. The van der Waals surface area contributed by atoms with Gasteiger partial charge in [-0.15, -0.1) is 11.3 Å². The summed E-state index contributed by atoms with van der Waals surface area (Å²) in [6, 6.07) is 2.13. The minimum atomic E-state index is -0.839. The first kappa shape index (κ1) is 18.0. The van der Waals surface area contributed by atoms with Crippen molar-refractivity contribution in [2.75, 3.05) is 18.5 Å². The van der Waals surface area contributed by atoms with E-state index in [0.717, 1.165) is 23.1 Å². The molecule has 3 rings (SSSR count). The highest BCUT2D eigenvalue weighted by Gasteiger charge is 2.27. The standard InChI is InChI=1S/C17H21N5OS2/c1-17(2,9-18)22(3)12(23)8-24-16-20-14(19)13-10-6-4-5-7-11(10)25-15(13)21-16/h4-8H2,1-3H3,(H2,19,20,21). The van der Waals surface area contributed by atoms with Gasteiger partial charge < -0.3 is 10.6 Å². The highest BCUT2D eigenvalue weighted by Crippen LogP contribution is 2.38. The van der Waals surface area contributed by atoms with E-state index in [2.05, 4.69) is 16.0 Å². The Kier molecular flexibility index (Phi) is 4.89. The molecular weight excluding hydrogens is 354 g/mol. The number of fused-ring (bicyclic) bond motifs is 3. The lowest BCUT2D eigenvalue weighted by molar-refractivity contribution is -0.130. The van der Waals surface area contributed by atoms with Crippen molar-refractivity contribution >= 4 is 45.0 Å². The van der Waals surface area contributed by atoms with Gasteiger partial charge in [0.2, 0.25) is 5.91 Å². The monoisotopic (exact) mass is 375 g/mol. The summed E-state index contributed by atoms with van der Waals surface area (Å²) in [6.45, 7) is 3.43. The zero-order valence-electron chi connectivity index (χ0n) is 14.6. The summed E-state index contributed by atoms with van der Waals surface area (Å²) < 4.78 is 0. The van der Waals surface area contributed by atoms with Crippen molar-refractivity contribution in [1.82, 2.24) is 14.9 Å². The minimum absolute atomic E-state index is 0.135. The molecule has 0 aliphatic heterocycles. The van der Waals surface area contributed by atoms with Gasteiger partial charge in [-0.3, -0.25) is 4.79 Å². The third kappa shape index (κ3) is 3.44. The molecule has 0 unspecified atom stereocenters. The third-order valence-corrected chi connectivity index (χ3v) is 6.65. The van der Waals surface area contributed by atoms with Gasteiger partial charge in [0.25, 0.3) is 0 Å². The molecule has 1 amide bonds. The Labute approximate surface area is 155 Å². The molecule has 2 aromatic heterocycles. The Morgan fingerprint density at radius 2 is 2.12 bits per heavy atom. The molecule has 132 valence electrons. The molecule has 1 aliphatic rings. The van der Waals surface area contributed by atoms with E-state index in [9.17, 15) is 4.79 Å². The van der Waals surface area contributed by atoms with Crippen molar-refractivity contribution in [3.63, 3.8) is 0 Å². The predicted octanol–water partition coefficient (Wildman–Crippen LogP) is 3.00. The second-order valence-corrected chi connectivity index (χ2v) is 8.72. The van der Waals surface area contributed by atoms with Crippen molar-refractivity contribution in [3.8, 4) is 6.07 Å². The van der Waals surface area contributed by atoms with Crippen LogP contribution in [0.5, 0.6) is 0 Å². The maximum atomic E-state index is 12.3. The minimum Gasteiger partial charge on any atom is -0.383 e. The van der Waals surface area contributed by atoms with Gasteiger partial charge in [0.05, 0.1) is 17.2 Å². The van der Waals surface area contributed by atoms with Crippen molar-refractivity contribution in [1.29, 1.82) is 5.26 Å². The predicted molar refractivity (Wildman–Crippen MR) is 102 cm³/mol. The molecule has 0 bridgehead atoms. The maximum absolute atomic E-state index is 12.3. The quantitative estimate of drug-likeness (QED) is 0.652. The van der Waals surface area contributed by atoms with E-state index < -0.39 is 5.54 Å². The summed E-state index contributed by atoms with van der Waals surface area (Å²) in [5.74, 6) is 0.548. The lowest BCUT2D eigenvalue weighted by atomic mass is 9.97. The summed E-state index contributed by atoms with van der Waals surface area (Å²) in [7, 11) is 1.64. The number of anilines is 1. The normalized spacial score (nSPS) is 14.2. The van der Waals surface area contributed by atoms with E-state index >= 15 is 0 Å². The summed E-state index contributed by atoms with van der Waals surface area (Å²) in [5.41, 5.74) is 6.66. The van der Waals surface area contributed by atoms with Gasteiger partial charge in [-0.25, -0.2) is 9.97 Å². The number of nitrogens with zero attached hydrogens (tertiary/aromatic N) is 4. The molecule has 0 spiro atoms. The highest BCUT2D eigenvalue weighted by molar-refractivity contribution is 7.99. The number of aryl methyl sites for hydroxylation is 2. The summed E-state index contributed by atoms with van der Waals surface area (Å²) in [6.07, 6.45) is 4.53. The van der Waals surface area contributed by atoms with E-state index in [0.29, 0.717) is 11.0 Å². The molecule has 25 heavy (non-hydrogen) atoms. The lowest BCUT2D eigenvalue weighted by Crippen LogP contribution is -2.44. The Hall–Kier alpha value is -1.85. The van der Waals surface area contributed by atoms with Crippen LogP contribution in [0, 0.1) is 11.3 Å². The van der Waals surface area contributed by atoms with Gasteiger partial charge in [-0.1, -0.05) is 11.8 Å². The number of nitriles is 1. The first-order valence-electron chi connectivity index (χ1n) is 8.22. The van der Waals surface area contributed by atoms with Crippen LogP contribution < -0.4 is 5.73 Å². The van der Waals surface area contributed by atoms with E-state index in [4.69, 9.17) is 11.0 Å². The average molecular weight is 376 g/mol. The number of thiophene rings is 1. The van der Waals surface area contributed by atoms with Crippen LogP contribution >= 0.6 is 23.1 Å². The van der Waals surface area contributed by atoms with E-state index in [1.165, 1.54) is 39.9 Å². The van der Waals surface area contributed by atoms with Crippen molar-refractivity contribution in [2.45, 2.75) is 50.2 Å². The number of hydrogen-bond donors (Lipinski definition) is 1. The summed E-state index contributed by atoms with van der Waals surface area (Å²) in [5, 5.41) is 10.7. The molecule has 8 heteroatoms. The van der Waals surface area contributed by atoms with Crippen molar-refractivity contribution in [2.24, 2.45) is 0 Å². The molecule has 2 N–H and O–H groups in total. The van der Waals surface area contributed by atoms with Crippen LogP contribution in [0.3, 0.4) is 0 Å². The number of amides is 1. The first-order chi connectivity index (χ1) is 11.8. The molecule has 6 nitrogen and oxygen atoms in total. The molecule has 1 aliphatic carbocycles. The van der Waals surface area contributed by atoms with Crippen LogP contribution in [0.25, 0.3) is 10.2 Å². The molecule has 0 saturated carbocycles. The molecule has 0 saturated heterocycles. The second-order valence-electron chi connectivity index (χ2n) is 6.69. The Morgan fingerprint density at radius 1 is 1.40 bits per heavy atom. The number of aromatic nitrogens is 2. The molecule has 0 aromatic carbocycles. The second kappa shape index (κ2) is 6.81. The number of thioether (sulfide) groups is 1. The van der Waals surface area contributed by atoms with Gasteiger partial charge in [0.1, 0.15) is 16.2 Å². The molecule has 0 atom stereocenters. The fourth-order valence-corrected chi connectivity index (χ4v) is 4.93. The Morgan fingerprint density at radius 3 is 2.84 bits per heavy atom. The van der Waals surface area contributed by atoms with Gasteiger partial charge in [-0.05, 0) is 45.1 Å². The number of rotatable bonds is 4. The van der Waals surface area contributed by atoms with Crippen LogP contribution in [0.15, 0.2) is 5.16 Å². The van der Waals surface area contributed by atoms with E-state index in [1.54, 1.807) is 32.2 Å². The fraction of sp³-hybridized carbons (Fsp3) is 0.529. The molecular formula is C17H21N5OS2. The smallest absolute Gasteiger partial charge is 0.234 e. The van der Waals surface area contributed by atoms with Gasteiger partial charge >= 0.3 is 0 Å². The van der Waals surface area contributed by atoms with Crippen LogP contribution in [-0.4, -0.2) is 39.1 Å². The summed E-state index contributed by atoms with van der Waals surface area (Å²) >= 11 is 2.96. The maximum Gasteiger partial charge on any atom is 0.234 e. The Bertz CT molecular complexity index is 868. The largest absolute Gasteiger partial charge is 0.383 e. The van der Waals surface area contributed by atoms with Crippen molar-refractivity contribution < 1.29 is 4.79 Å². The number of hydrogen-bond acceptors (Lipinski definition) is 7. The fourth-order valence-electron chi connectivity index (χ4n) is 2.84. The van der Waals surface area contributed by atoms with Crippen LogP contribution in [-0.2, 0) is 17.6 Å². The third-order valence-electron chi connectivity index (χ3n) is 4.63. The lowest BCUT2D eigenvalue weighted by Gasteiger charge is -2.28. The SMILES string of the molecule is CN(C(=O)CSc1nc(N)c2c3c(sc2n1)CCCC3)C(C)(C)C#N. The number of carbonyl (C=O) groups excluding carboxylic acids is 1. The topological polar surface area (TPSA) is 95.9 Å². The van der Waals surface area contributed by atoms with Crippen LogP contribution in [0.4, 0.5) is 5.82 Å². The van der Waals surface area contributed by atoms with Gasteiger partial charge in [0, 0.05) is 11.9 Å². The van der Waals surface area contributed by atoms with E-state index in [1.807, 2.05) is 0 Å². The molecule has 0 radical (unpaired) electrons. The van der Waals surface area contributed by atoms with Crippen molar-refractivity contribution in [3.05, 3.63) is 10.4 Å². The number of nitrogen functional groups attached to an aromatic ring is 1. The zero-order chi connectivity index (χ0) is 18.2. The van der Waals surface area contributed by atoms with Crippen LogP contribution in [0.2, 0.25) is 0 Å². The average Bonchev–Trinajstić information content (AvgIpc) is 2.97. The first-order valence-corrected chi connectivity index (χ1v) is 10.0. The van der Waals surface area contributed by atoms with Gasteiger partial charge in [0.15, 0.2) is 5.16 Å². The number of carbonyl (C=O) groups is 1.